The molecule has 0 N–H and O–H groups in total. The van der Waals surface area contributed by atoms with Gasteiger partial charge in [-0.05, 0) is 44.4 Å². The lowest BCUT2D eigenvalue weighted by atomic mass is 10.1. The molecule has 0 aliphatic heterocycles. The van der Waals surface area contributed by atoms with Gasteiger partial charge in [-0.3, -0.25) is 4.98 Å². The average molecular weight is 360 g/mol. The third-order valence-corrected chi connectivity index (χ3v) is 5.96. The van der Waals surface area contributed by atoms with Gasteiger partial charge in [0.15, 0.2) is 5.65 Å². The zero-order valence-corrected chi connectivity index (χ0v) is 15.9. The lowest BCUT2D eigenvalue weighted by Gasteiger charge is -2.19. The molecule has 4 aromatic rings. The molecule has 6 nitrogen and oxygen atoms in total. The van der Waals surface area contributed by atoms with Gasteiger partial charge < -0.3 is 4.57 Å². The second kappa shape index (κ2) is 6.44. The van der Waals surface area contributed by atoms with Crippen molar-refractivity contribution in [1.29, 1.82) is 0 Å². The fourth-order valence-corrected chi connectivity index (χ4v) is 4.45. The Bertz CT molecular complexity index is 1100. The normalized spacial score (nSPS) is 16.2. The Hall–Kier alpha value is -2.76. The van der Waals surface area contributed by atoms with E-state index in [1.165, 1.54) is 49.8 Å². The van der Waals surface area contributed by atoms with Crippen molar-refractivity contribution < 1.29 is 0 Å². The summed E-state index contributed by atoms with van der Waals surface area (Å²) >= 11 is 0. The molecule has 5 rings (SSSR count). The maximum absolute atomic E-state index is 4.83. The highest BCUT2D eigenvalue weighted by Gasteiger charge is 2.23. The molecule has 138 valence electrons. The highest BCUT2D eigenvalue weighted by Crippen LogP contribution is 2.35. The van der Waals surface area contributed by atoms with Crippen LogP contribution in [0.1, 0.15) is 55.8 Å². The molecule has 0 amide bonds. The topological polar surface area (TPSA) is 60.9 Å². The Morgan fingerprint density at radius 3 is 2.52 bits per heavy atom. The average Bonchev–Trinajstić information content (AvgIpc) is 3.10. The molecule has 1 saturated carbocycles. The van der Waals surface area contributed by atoms with Gasteiger partial charge in [-0.2, -0.15) is 0 Å². The summed E-state index contributed by atoms with van der Waals surface area (Å²) in [6.45, 7) is 4.40. The molecule has 27 heavy (non-hydrogen) atoms. The Kier molecular flexibility index (Phi) is 3.92. The fraction of sp³-hybridized carbons (Fsp3) is 0.429. The molecule has 0 aromatic carbocycles. The summed E-state index contributed by atoms with van der Waals surface area (Å²) in [5.41, 5.74) is 5.26. The zero-order chi connectivity index (χ0) is 18.4. The summed E-state index contributed by atoms with van der Waals surface area (Å²) in [4.78, 5) is 14.0. The number of nitrogens with zero attached hydrogens (tertiary/aromatic N) is 6. The Morgan fingerprint density at radius 2 is 1.78 bits per heavy atom. The van der Waals surface area contributed by atoms with Crippen LogP contribution in [0.2, 0.25) is 0 Å². The molecule has 0 atom stereocenters. The highest BCUT2D eigenvalue weighted by atomic mass is 15.3. The first-order chi connectivity index (χ1) is 13.2. The number of hydrogen-bond acceptors (Lipinski definition) is 4. The van der Waals surface area contributed by atoms with Crippen LogP contribution in [0.25, 0.3) is 28.2 Å². The van der Waals surface area contributed by atoms with Crippen molar-refractivity contribution in [3.8, 4) is 11.5 Å². The second-order valence-corrected chi connectivity index (χ2v) is 7.59. The van der Waals surface area contributed by atoms with Gasteiger partial charge >= 0.3 is 0 Å². The van der Waals surface area contributed by atoms with Crippen LogP contribution in [-0.4, -0.2) is 29.1 Å². The minimum atomic E-state index is 0.539. The predicted octanol–water partition coefficient (Wildman–Crippen LogP) is 4.65. The van der Waals surface area contributed by atoms with Gasteiger partial charge in [-0.1, -0.05) is 31.7 Å². The van der Waals surface area contributed by atoms with Crippen molar-refractivity contribution in [2.24, 2.45) is 0 Å². The molecule has 0 unspecified atom stereocenters. The van der Waals surface area contributed by atoms with Crippen molar-refractivity contribution >= 4 is 16.7 Å². The molecule has 1 aliphatic rings. The summed E-state index contributed by atoms with van der Waals surface area (Å²) in [6, 6.07) is 6.34. The van der Waals surface area contributed by atoms with Crippen LogP contribution in [0.3, 0.4) is 0 Å². The third-order valence-electron chi connectivity index (χ3n) is 5.96. The van der Waals surface area contributed by atoms with Gasteiger partial charge in [0.25, 0.3) is 0 Å². The molecule has 4 heterocycles. The summed E-state index contributed by atoms with van der Waals surface area (Å²) in [7, 11) is 0. The molecular weight excluding hydrogens is 336 g/mol. The van der Waals surface area contributed by atoms with Gasteiger partial charge in [-0.15, -0.1) is 5.10 Å². The monoisotopic (exact) mass is 360 g/mol. The third kappa shape index (κ3) is 2.62. The number of pyridine rings is 1. The van der Waals surface area contributed by atoms with E-state index in [1.807, 2.05) is 18.2 Å². The molecule has 0 spiro atoms. The van der Waals surface area contributed by atoms with Crippen LogP contribution >= 0.6 is 0 Å². The molecule has 1 aliphatic carbocycles. The molecule has 0 radical (unpaired) electrons. The van der Waals surface area contributed by atoms with Crippen molar-refractivity contribution in [2.75, 3.05) is 0 Å². The molecule has 0 bridgehead atoms. The molecule has 6 heteroatoms. The van der Waals surface area contributed by atoms with Gasteiger partial charge in [0.1, 0.15) is 17.7 Å². The van der Waals surface area contributed by atoms with E-state index in [0.29, 0.717) is 11.9 Å². The maximum atomic E-state index is 4.83. The Balaban J connectivity index is 1.72. The van der Waals surface area contributed by atoms with E-state index in [1.54, 1.807) is 17.0 Å². The van der Waals surface area contributed by atoms with E-state index in [4.69, 9.17) is 9.97 Å². The number of aryl methyl sites for hydroxylation is 1. The lowest BCUT2D eigenvalue weighted by Crippen LogP contribution is -2.10. The van der Waals surface area contributed by atoms with Gasteiger partial charge in [-0.25, -0.2) is 14.5 Å². The van der Waals surface area contributed by atoms with Crippen molar-refractivity contribution in [3.05, 3.63) is 42.0 Å². The largest absolute Gasteiger partial charge is 0.326 e. The summed E-state index contributed by atoms with van der Waals surface area (Å²) < 4.78 is 4.25. The Labute approximate surface area is 158 Å². The summed E-state index contributed by atoms with van der Waals surface area (Å²) in [5.74, 6) is 0.643. The van der Waals surface area contributed by atoms with Crippen LogP contribution in [0.15, 0.2) is 30.7 Å². The van der Waals surface area contributed by atoms with Crippen LogP contribution in [-0.2, 0) is 0 Å². The van der Waals surface area contributed by atoms with Crippen molar-refractivity contribution in [2.45, 2.75) is 58.4 Å². The van der Waals surface area contributed by atoms with E-state index >= 15 is 0 Å². The first-order valence-electron chi connectivity index (χ1n) is 9.88. The number of fused-ring (bicyclic) bond motifs is 3. The van der Waals surface area contributed by atoms with Crippen LogP contribution in [0.4, 0.5) is 0 Å². The Morgan fingerprint density at radius 1 is 0.963 bits per heavy atom. The smallest absolute Gasteiger partial charge is 0.200 e. The van der Waals surface area contributed by atoms with Gasteiger partial charge in [0, 0.05) is 17.9 Å². The first kappa shape index (κ1) is 16.4. The molecular formula is C21H24N6. The summed E-state index contributed by atoms with van der Waals surface area (Å²) in [6.07, 6.45) is 11.4. The van der Waals surface area contributed by atoms with E-state index in [9.17, 15) is 0 Å². The van der Waals surface area contributed by atoms with Gasteiger partial charge in [0.2, 0.25) is 5.82 Å². The van der Waals surface area contributed by atoms with Crippen molar-refractivity contribution in [3.63, 3.8) is 0 Å². The zero-order valence-electron chi connectivity index (χ0n) is 15.9. The molecule has 1 fully saturated rings. The van der Waals surface area contributed by atoms with Crippen LogP contribution in [0.5, 0.6) is 0 Å². The lowest BCUT2D eigenvalue weighted by molar-refractivity contribution is 0.446. The highest BCUT2D eigenvalue weighted by molar-refractivity contribution is 5.94. The van der Waals surface area contributed by atoms with E-state index in [0.717, 1.165) is 22.4 Å². The van der Waals surface area contributed by atoms with Crippen molar-refractivity contribution in [1.82, 2.24) is 29.1 Å². The SMILES string of the molecule is Cc1c(C)n(C2CCCCCC2)c2ncn3nc(-c4ccccn4)nc3c12. The molecule has 0 saturated heterocycles. The minimum absolute atomic E-state index is 0.539. The summed E-state index contributed by atoms with van der Waals surface area (Å²) in [5, 5.41) is 5.73. The fourth-order valence-electron chi connectivity index (χ4n) is 4.45. The first-order valence-corrected chi connectivity index (χ1v) is 9.88. The van der Waals surface area contributed by atoms with Gasteiger partial charge in [0.05, 0.1) is 5.39 Å². The predicted molar refractivity (Wildman–Crippen MR) is 106 cm³/mol. The molecule has 4 aromatic heterocycles. The minimum Gasteiger partial charge on any atom is -0.326 e. The second-order valence-electron chi connectivity index (χ2n) is 7.59. The standard InChI is InChI=1S/C21H24N6/c1-14-15(2)27(16-9-5-3-4-6-10-16)20-18(14)21-24-19(25-26(21)13-23-20)17-11-7-8-12-22-17/h7-8,11-13,16H,3-6,9-10H2,1-2H3. The van der Waals surface area contributed by atoms with E-state index < -0.39 is 0 Å². The van der Waals surface area contributed by atoms with Crippen LogP contribution in [0, 0.1) is 13.8 Å². The van der Waals surface area contributed by atoms with E-state index in [2.05, 4.69) is 28.5 Å². The number of rotatable bonds is 2. The maximum Gasteiger partial charge on any atom is 0.200 e. The quantitative estimate of drug-likeness (QED) is 0.488. The number of hydrogen-bond donors (Lipinski definition) is 0. The van der Waals surface area contributed by atoms with Crippen LogP contribution < -0.4 is 0 Å². The number of aromatic nitrogens is 6. The van der Waals surface area contributed by atoms with E-state index in [-0.39, 0.29) is 0 Å².